The number of carbonyl (C=O) groups excluding carboxylic acids is 1. The van der Waals surface area contributed by atoms with E-state index in [9.17, 15) is 31.1 Å². The molecule has 9 heteroatoms. The van der Waals surface area contributed by atoms with Crippen LogP contribution in [0.3, 0.4) is 0 Å². The van der Waals surface area contributed by atoms with Gasteiger partial charge in [-0.3, -0.25) is 4.68 Å². The SMILES string of the molecule is CC(=O)CCCc1c(C(F)(F)F)nn(C)c1C(F)(F)F. The summed E-state index contributed by atoms with van der Waals surface area (Å²) in [6, 6.07) is 0. The zero-order valence-electron chi connectivity index (χ0n) is 10.7. The zero-order valence-corrected chi connectivity index (χ0v) is 10.7. The molecule has 0 radical (unpaired) electrons. The highest BCUT2D eigenvalue weighted by Gasteiger charge is 2.45. The summed E-state index contributed by atoms with van der Waals surface area (Å²) in [7, 11) is 0.812. The van der Waals surface area contributed by atoms with Crippen LogP contribution in [0.4, 0.5) is 26.3 Å². The molecule has 114 valence electrons. The number of hydrogen-bond acceptors (Lipinski definition) is 2. The largest absolute Gasteiger partial charge is 0.435 e. The molecule has 3 nitrogen and oxygen atoms in total. The summed E-state index contributed by atoms with van der Waals surface area (Å²) in [6.07, 6.45) is -10.6. The molecule has 0 unspecified atom stereocenters. The standard InChI is InChI=1S/C11H12F6N2O/c1-6(20)4-3-5-7-8(10(12,13)14)18-19(2)9(7)11(15,16)17/h3-5H2,1-2H3. The van der Waals surface area contributed by atoms with Gasteiger partial charge in [0.05, 0.1) is 0 Å². The second-order valence-corrected chi connectivity index (χ2v) is 4.35. The molecule has 0 bridgehead atoms. The van der Waals surface area contributed by atoms with Gasteiger partial charge in [-0.25, -0.2) is 0 Å². The van der Waals surface area contributed by atoms with Gasteiger partial charge in [0.2, 0.25) is 0 Å². The Balaban J connectivity index is 3.24. The predicted octanol–water partition coefficient (Wildman–Crippen LogP) is 3.37. The third-order valence-corrected chi connectivity index (χ3v) is 2.64. The summed E-state index contributed by atoms with van der Waals surface area (Å²) in [5, 5.41) is 2.93. The van der Waals surface area contributed by atoms with Crippen LogP contribution in [0.1, 0.15) is 36.7 Å². The van der Waals surface area contributed by atoms with E-state index in [0.717, 1.165) is 7.05 Å². The van der Waals surface area contributed by atoms with Crippen molar-refractivity contribution in [1.82, 2.24) is 9.78 Å². The number of alkyl halides is 6. The molecular weight excluding hydrogens is 290 g/mol. The van der Waals surface area contributed by atoms with Gasteiger partial charge in [-0.15, -0.1) is 0 Å². The van der Waals surface area contributed by atoms with Crippen LogP contribution in [0.2, 0.25) is 0 Å². The molecule has 0 saturated carbocycles. The molecule has 0 saturated heterocycles. The third kappa shape index (κ3) is 3.73. The lowest BCUT2D eigenvalue weighted by atomic mass is 10.0. The molecule has 0 aliphatic heterocycles. The van der Waals surface area contributed by atoms with Crippen molar-refractivity contribution in [2.45, 2.75) is 38.5 Å². The maximum absolute atomic E-state index is 12.8. The number of aromatic nitrogens is 2. The topological polar surface area (TPSA) is 34.9 Å². The van der Waals surface area contributed by atoms with Gasteiger partial charge in [0.1, 0.15) is 11.5 Å². The van der Waals surface area contributed by atoms with Crippen molar-refractivity contribution in [3.05, 3.63) is 17.0 Å². The Bertz CT molecular complexity index is 500. The molecule has 0 atom stereocenters. The molecular formula is C11H12F6N2O. The second kappa shape index (κ2) is 5.45. The molecule has 1 aromatic rings. The highest BCUT2D eigenvalue weighted by molar-refractivity contribution is 5.75. The van der Waals surface area contributed by atoms with Crippen LogP contribution in [0.15, 0.2) is 0 Å². The Hall–Kier alpha value is -1.54. The van der Waals surface area contributed by atoms with Crippen LogP contribution < -0.4 is 0 Å². The van der Waals surface area contributed by atoms with Crippen LogP contribution in [0, 0.1) is 0 Å². The van der Waals surface area contributed by atoms with Crippen molar-refractivity contribution in [2.75, 3.05) is 0 Å². The summed E-state index contributed by atoms with van der Waals surface area (Å²) in [5.74, 6) is -0.295. The van der Waals surface area contributed by atoms with E-state index in [1.54, 1.807) is 0 Å². The lowest BCUT2D eigenvalue weighted by Crippen LogP contribution is -2.15. The minimum atomic E-state index is -4.97. The van der Waals surface area contributed by atoms with E-state index in [-0.39, 0.29) is 23.3 Å². The van der Waals surface area contributed by atoms with Crippen LogP contribution in [-0.2, 0) is 30.6 Å². The Morgan fingerprint density at radius 3 is 2.10 bits per heavy atom. The van der Waals surface area contributed by atoms with Gasteiger partial charge in [-0.05, 0) is 19.8 Å². The fraction of sp³-hybridized carbons (Fsp3) is 0.636. The van der Waals surface area contributed by atoms with E-state index < -0.39 is 35.7 Å². The second-order valence-electron chi connectivity index (χ2n) is 4.35. The maximum Gasteiger partial charge on any atom is 0.435 e. The number of halogens is 6. The molecule has 0 aromatic carbocycles. The summed E-state index contributed by atoms with van der Waals surface area (Å²) >= 11 is 0. The minimum Gasteiger partial charge on any atom is -0.300 e. The molecule has 1 heterocycles. The van der Waals surface area contributed by atoms with Crippen LogP contribution >= 0.6 is 0 Å². The quantitative estimate of drug-likeness (QED) is 0.799. The average molecular weight is 302 g/mol. The van der Waals surface area contributed by atoms with E-state index in [1.165, 1.54) is 6.92 Å². The first-order valence-electron chi connectivity index (χ1n) is 5.64. The Morgan fingerprint density at radius 1 is 1.15 bits per heavy atom. The molecule has 0 fully saturated rings. The van der Waals surface area contributed by atoms with Crippen molar-refractivity contribution in [3.63, 3.8) is 0 Å². The molecule has 0 aliphatic carbocycles. The van der Waals surface area contributed by atoms with Crippen LogP contribution in [0.5, 0.6) is 0 Å². The van der Waals surface area contributed by atoms with Crippen molar-refractivity contribution >= 4 is 5.78 Å². The van der Waals surface area contributed by atoms with Gasteiger partial charge in [-0.1, -0.05) is 0 Å². The fourth-order valence-electron chi connectivity index (χ4n) is 1.90. The van der Waals surface area contributed by atoms with Gasteiger partial charge in [0.15, 0.2) is 5.69 Å². The number of rotatable bonds is 4. The maximum atomic E-state index is 12.8. The average Bonchev–Trinajstić information content (AvgIpc) is 2.53. The van der Waals surface area contributed by atoms with Crippen LogP contribution in [-0.4, -0.2) is 15.6 Å². The van der Waals surface area contributed by atoms with Gasteiger partial charge in [-0.2, -0.15) is 31.4 Å². The van der Waals surface area contributed by atoms with E-state index >= 15 is 0 Å². The van der Waals surface area contributed by atoms with E-state index in [2.05, 4.69) is 5.10 Å². The van der Waals surface area contributed by atoms with Crippen molar-refractivity contribution in [1.29, 1.82) is 0 Å². The molecule has 0 amide bonds. The van der Waals surface area contributed by atoms with Gasteiger partial charge < -0.3 is 4.79 Å². The van der Waals surface area contributed by atoms with Crippen LogP contribution in [0.25, 0.3) is 0 Å². The Morgan fingerprint density at radius 2 is 1.70 bits per heavy atom. The first-order valence-corrected chi connectivity index (χ1v) is 5.64. The van der Waals surface area contributed by atoms with Gasteiger partial charge in [0.25, 0.3) is 0 Å². The summed E-state index contributed by atoms with van der Waals surface area (Å²) in [6.45, 7) is 1.22. The Kier molecular flexibility index (Phi) is 4.50. The van der Waals surface area contributed by atoms with Crippen molar-refractivity contribution in [3.8, 4) is 0 Å². The monoisotopic (exact) mass is 302 g/mol. The lowest BCUT2D eigenvalue weighted by Gasteiger charge is -2.11. The summed E-state index contributed by atoms with van der Waals surface area (Å²) < 4.78 is 76.7. The van der Waals surface area contributed by atoms with Crippen molar-refractivity contribution < 1.29 is 31.1 Å². The summed E-state index contributed by atoms with van der Waals surface area (Å²) in [5.41, 5.74) is -3.88. The highest BCUT2D eigenvalue weighted by atomic mass is 19.4. The summed E-state index contributed by atoms with van der Waals surface area (Å²) in [4.78, 5) is 10.7. The first kappa shape index (κ1) is 16.5. The number of nitrogens with zero attached hydrogens (tertiary/aromatic N) is 2. The van der Waals surface area contributed by atoms with E-state index in [4.69, 9.17) is 0 Å². The Labute approximate surface area is 110 Å². The number of aryl methyl sites for hydroxylation is 1. The lowest BCUT2D eigenvalue weighted by molar-refractivity contribution is -0.145. The number of hydrogen-bond donors (Lipinski definition) is 0. The molecule has 0 spiro atoms. The van der Waals surface area contributed by atoms with E-state index in [0.29, 0.717) is 0 Å². The third-order valence-electron chi connectivity index (χ3n) is 2.64. The van der Waals surface area contributed by atoms with Crippen molar-refractivity contribution in [2.24, 2.45) is 7.05 Å². The number of carbonyl (C=O) groups is 1. The van der Waals surface area contributed by atoms with Gasteiger partial charge in [0, 0.05) is 19.0 Å². The predicted molar refractivity (Wildman–Crippen MR) is 56.8 cm³/mol. The molecule has 20 heavy (non-hydrogen) atoms. The molecule has 1 rings (SSSR count). The number of Topliss-reactive ketones (excluding diaryl/α,β-unsaturated/α-hetero) is 1. The van der Waals surface area contributed by atoms with Gasteiger partial charge >= 0.3 is 12.4 Å². The molecule has 1 aromatic heterocycles. The molecule has 0 N–H and O–H groups in total. The fourth-order valence-corrected chi connectivity index (χ4v) is 1.90. The minimum absolute atomic E-state index is 0.0799. The molecule has 0 aliphatic rings. The van der Waals surface area contributed by atoms with E-state index in [1.807, 2.05) is 0 Å². The smallest absolute Gasteiger partial charge is 0.300 e. The number of ketones is 1. The normalized spacial score (nSPS) is 12.8. The highest BCUT2D eigenvalue weighted by Crippen LogP contribution is 2.39. The first-order chi connectivity index (χ1) is 8.94. The zero-order chi connectivity index (χ0) is 15.7.